The summed E-state index contributed by atoms with van der Waals surface area (Å²) in [7, 11) is 0. The molecule has 2 N–H and O–H groups in total. The van der Waals surface area contributed by atoms with Crippen LogP contribution in [0.1, 0.15) is 38.2 Å². The van der Waals surface area contributed by atoms with Crippen LogP contribution < -0.4 is 5.32 Å². The summed E-state index contributed by atoms with van der Waals surface area (Å²) < 4.78 is 0. The van der Waals surface area contributed by atoms with E-state index in [4.69, 9.17) is 17.0 Å². The van der Waals surface area contributed by atoms with E-state index in [2.05, 4.69) is 12.2 Å². The van der Waals surface area contributed by atoms with E-state index in [1.165, 1.54) is 12.8 Å². The third-order valence-corrected chi connectivity index (χ3v) is 4.61. The van der Waals surface area contributed by atoms with E-state index in [0.717, 1.165) is 40.6 Å². The van der Waals surface area contributed by atoms with Crippen LogP contribution in [0.3, 0.4) is 0 Å². The Hall–Kier alpha value is -1.28. The number of halogens is 1. The maximum Gasteiger partial charge on any atom is 0.0485 e. The summed E-state index contributed by atoms with van der Waals surface area (Å²) in [5.41, 5.74) is 2.68. The fourth-order valence-corrected chi connectivity index (χ4v) is 3.05. The Kier molecular flexibility index (Phi) is 3.84. The standard InChI is InChI=1S/C17H21ClN2/c1-11-8-13(9-11)20-10-15(17(19)12-6-7-12)14-4-2-3-5-16(14)18/h2-5,10-13,19-20H,6-9H2,1H3/b15-10-,19-17?. The largest absolute Gasteiger partial charge is 0.388 e. The van der Waals surface area contributed by atoms with Crippen LogP contribution in [0.5, 0.6) is 0 Å². The number of allylic oxidation sites excluding steroid dienone is 1. The molecule has 0 amide bonds. The van der Waals surface area contributed by atoms with Crippen LogP contribution in [0.25, 0.3) is 5.57 Å². The quantitative estimate of drug-likeness (QED) is 0.769. The first kappa shape index (κ1) is 13.7. The molecule has 1 aromatic rings. The molecule has 2 nitrogen and oxygen atoms in total. The van der Waals surface area contributed by atoms with Gasteiger partial charge in [-0.05, 0) is 37.7 Å². The number of benzene rings is 1. The SMILES string of the molecule is CC1CC(N/C=C(\C(=N)C2CC2)c2ccccc2Cl)C1. The summed E-state index contributed by atoms with van der Waals surface area (Å²) in [6.07, 6.45) is 6.76. The average Bonchev–Trinajstić information content (AvgIpc) is 3.22. The number of hydrogen-bond acceptors (Lipinski definition) is 2. The molecule has 0 spiro atoms. The minimum Gasteiger partial charge on any atom is -0.388 e. The molecule has 20 heavy (non-hydrogen) atoms. The van der Waals surface area contributed by atoms with Crippen LogP contribution in [0.15, 0.2) is 30.5 Å². The molecule has 2 aliphatic rings. The van der Waals surface area contributed by atoms with Crippen LogP contribution in [-0.2, 0) is 0 Å². The summed E-state index contributed by atoms with van der Waals surface area (Å²) in [6.45, 7) is 2.28. The molecule has 0 atom stereocenters. The third-order valence-electron chi connectivity index (χ3n) is 4.28. The molecule has 0 aromatic heterocycles. The average molecular weight is 289 g/mol. The predicted molar refractivity (Wildman–Crippen MR) is 85.2 cm³/mol. The summed E-state index contributed by atoms with van der Waals surface area (Å²) in [4.78, 5) is 0. The zero-order chi connectivity index (χ0) is 14.1. The lowest BCUT2D eigenvalue weighted by atomic mass is 9.82. The molecule has 0 heterocycles. The van der Waals surface area contributed by atoms with Gasteiger partial charge in [0, 0.05) is 40.0 Å². The second-order valence-corrected chi connectivity index (χ2v) is 6.57. The van der Waals surface area contributed by atoms with Gasteiger partial charge in [-0.15, -0.1) is 0 Å². The van der Waals surface area contributed by atoms with E-state index >= 15 is 0 Å². The van der Waals surface area contributed by atoms with Crippen molar-refractivity contribution in [1.29, 1.82) is 5.41 Å². The molecule has 3 rings (SSSR count). The van der Waals surface area contributed by atoms with Crippen LogP contribution in [0, 0.1) is 17.2 Å². The molecule has 3 heteroatoms. The number of rotatable bonds is 5. The molecule has 0 radical (unpaired) electrons. The van der Waals surface area contributed by atoms with Gasteiger partial charge in [-0.2, -0.15) is 0 Å². The molecule has 106 valence electrons. The van der Waals surface area contributed by atoms with E-state index < -0.39 is 0 Å². The highest BCUT2D eigenvalue weighted by atomic mass is 35.5. The second-order valence-electron chi connectivity index (χ2n) is 6.17. The van der Waals surface area contributed by atoms with Gasteiger partial charge >= 0.3 is 0 Å². The molecule has 1 aromatic carbocycles. The van der Waals surface area contributed by atoms with Crippen molar-refractivity contribution in [1.82, 2.24) is 5.32 Å². The predicted octanol–water partition coefficient (Wildman–Crippen LogP) is 4.50. The summed E-state index contributed by atoms with van der Waals surface area (Å²) in [6, 6.07) is 8.40. The van der Waals surface area contributed by atoms with Crippen molar-refractivity contribution in [3.05, 3.63) is 41.1 Å². The van der Waals surface area contributed by atoms with Crippen LogP contribution in [0.4, 0.5) is 0 Å². The van der Waals surface area contributed by atoms with Crippen LogP contribution in [-0.4, -0.2) is 11.8 Å². The maximum atomic E-state index is 8.39. The Bertz CT molecular complexity index is 540. The molecular formula is C17H21ClN2. The summed E-state index contributed by atoms with van der Waals surface area (Å²) in [5, 5.41) is 12.6. The van der Waals surface area contributed by atoms with Crippen molar-refractivity contribution in [2.75, 3.05) is 0 Å². The van der Waals surface area contributed by atoms with E-state index in [9.17, 15) is 0 Å². The number of hydrogen-bond donors (Lipinski definition) is 2. The molecule has 0 saturated heterocycles. The summed E-state index contributed by atoms with van der Waals surface area (Å²) >= 11 is 6.31. The minimum absolute atomic E-state index is 0.430. The van der Waals surface area contributed by atoms with Gasteiger partial charge in [-0.3, -0.25) is 0 Å². The minimum atomic E-state index is 0.430. The highest BCUT2D eigenvalue weighted by Crippen LogP contribution is 2.37. The van der Waals surface area contributed by atoms with Crippen molar-refractivity contribution < 1.29 is 0 Å². The maximum absolute atomic E-state index is 8.39. The van der Waals surface area contributed by atoms with E-state index in [-0.39, 0.29) is 0 Å². The van der Waals surface area contributed by atoms with Gasteiger partial charge in [-0.1, -0.05) is 36.7 Å². The Morgan fingerprint density at radius 1 is 1.30 bits per heavy atom. The molecule has 0 unspecified atom stereocenters. The van der Waals surface area contributed by atoms with Crippen molar-refractivity contribution in [3.63, 3.8) is 0 Å². The summed E-state index contributed by atoms with van der Waals surface area (Å²) in [5.74, 6) is 1.26. The van der Waals surface area contributed by atoms with Gasteiger partial charge in [0.25, 0.3) is 0 Å². The van der Waals surface area contributed by atoms with Crippen molar-refractivity contribution in [3.8, 4) is 0 Å². The lowest BCUT2D eigenvalue weighted by Crippen LogP contribution is -2.37. The van der Waals surface area contributed by atoms with E-state index in [1.54, 1.807) is 0 Å². The number of nitrogens with one attached hydrogen (secondary N) is 2. The van der Waals surface area contributed by atoms with Gasteiger partial charge in [-0.25, -0.2) is 0 Å². The highest BCUT2D eigenvalue weighted by molar-refractivity contribution is 6.35. The fourth-order valence-electron chi connectivity index (χ4n) is 2.81. The monoisotopic (exact) mass is 288 g/mol. The fraction of sp³-hybridized carbons (Fsp3) is 0.471. The Labute approximate surface area is 125 Å². The first-order valence-corrected chi connectivity index (χ1v) is 7.83. The Morgan fingerprint density at radius 3 is 2.60 bits per heavy atom. The van der Waals surface area contributed by atoms with Gasteiger partial charge in [0.05, 0.1) is 0 Å². The first-order valence-electron chi connectivity index (χ1n) is 7.45. The third kappa shape index (κ3) is 2.90. The normalized spacial score (nSPS) is 26.0. The lowest BCUT2D eigenvalue weighted by Gasteiger charge is -2.33. The first-order chi connectivity index (χ1) is 9.65. The molecule has 0 aliphatic heterocycles. The Morgan fingerprint density at radius 2 is 2.00 bits per heavy atom. The van der Waals surface area contributed by atoms with Crippen molar-refractivity contribution >= 4 is 22.9 Å². The Balaban J connectivity index is 1.81. The molecule has 2 fully saturated rings. The van der Waals surface area contributed by atoms with Crippen molar-refractivity contribution in [2.24, 2.45) is 11.8 Å². The second kappa shape index (κ2) is 5.61. The van der Waals surface area contributed by atoms with Gasteiger partial charge in [0.1, 0.15) is 0 Å². The molecule has 2 saturated carbocycles. The van der Waals surface area contributed by atoms with E-state index in [0.29, 0.717) is 12.0 Å². The van der Waals surface area contributed by atoms with Gasteiger partial charge in [0.15, 0.2) is 0 Å². The smallest absolute Gasteiger partial charge is 0.0485 e. The van der Waals surface area contributed by atoms with Crippen molar-refractivity contribution in [2.45, 2.75) is 38.6 Å². The molecular weight excluding hydrogens is 268 g/mol. The molecule has 2 aliphatic carbocycles. The molecule has 0 bridgehead atoms. The van der Waals surface area contributed by atoms with E-state index in [1.807, 2.05) is 30.5 Å². The van der Waals surface area contributed by atoms with Crippen LogP contribution in [0.2, 0.25) is 5.02 Å². The van der Waals surface area contributed by atoms with Gasteiger partial charge < -0.3 is 10.7 Å². The lowest BCUT2D eigenvalue weighted by molar-refractivity contribution is 0.261. The highest BCUT2D eigenvalue weighted by Gasteiger charge is 2.30. The topological polar surface area (TPSA) is 35.9 Å². The van der Waals surface area contributed by atoms with Gasteiger partial charge in [0.2, 0.25) is 0 Å². The van der Waals surface area contributed by atoms with Crippen LogP contribution >= 0.6 is 11.6 Å². The zero-order valence-corrected chi connectivity index (χ0v) is 12.6. The zero-order valence-electron chi connectivity index (χ0n) is 11.8.